The lowest BCUT2D eigenvalue weighted by Gasteiger charge is -2.35. The third-order valence-corrected chi connectivity index (χ3v) is 4.25. The number of aromatic nitrogens is 2. The molecule has 0 saturated heterocycles. The van der Waals surface area contributed by atoms with Crippen LogP contribution < -0.4 is 11.3 Å². The highest BCUT2D eigenvalue weighted by Crippen LogP contribution is 2.39. The summed E-state index contributed by atoms with van der Waals surface area (Å²) in [4.78, 5) is 0. The maximum absolute atomic E-state index is 6.38. The Balaban J connectivity index is 2.52. The molecule has 1 heterocycles. The molecule has 0 radical (unpaired) electrons. The van der Waals surface area contributed by atoms with Crippen molar-refractivity contribution in [2.24, 2.45) is 5.84 Å². The molecule has 4 nitrogen and oxygen atoms in total. The van der Waals surface area contributed by atoms with Crippen LogP contribution in [0.5, 0.6) is 0 Å². The van der Waals surface area contributed by atoms with Gasteiger partial charge in [-0.3, -0.25) is 16.0 Å². The zero-order chi connectivity index (χ0) is 15.6. The van der Waals surface area contributed by atoms with Crippen LogP contribution in [0.25, 0.3) is 0 Å². The molecule has 0 bridgehead atoms. The number of rotatable bonds is 5. The Hall–Kier alpha value is -1.36. The largest absolute Gasteiger partial charge is 0.271 e. The quantitative estimate of drug-likeness (QED) is 0.655. The van der Waals surface area contributed by atoms with Crippen LogP contribution in [0.3, 0.4) is 0 Å². The predicted molar refractivity (Wildman–Crippen MR) is 87.2 cm³/mol. The third kappa shape index (κ3) is 2.98. The Labute approximate surface area is 131 Å². The number of hydrazine groups is 1. The molecule has 2 rings (SSSR count). The zero-order valence-electron chi connectivity index (χ0n) is 13.0. The van der Waals surface area contributed by atoms with Crippen molar-refractivity contribution < 1.29 is 0 Å². The molecule has 1 atom stereocenters. The van der Waals surface area contributed by atoms with Gasteiger partial charge in [0.25, 0.3) is 0 Å². The molecule has 114 valence electrons. The molecule has 0 spiro atoms. The topological polar surface area (TPSA) is 55.9 Å². The minimum Gasteiger partial charge on any atom is -0.271 e. The second-order valence-corrected chi connectivity index (χ2v) is 6.51. The maximum atomic E-state index is 6.38. The van der Waals surface area contributed by atoms with Gasteiger partial charge in [-0.05, 0) is 19.4 Å². The Morgan fingerprint density at radius 2 is 1.86 bits per heavy atom. The van der Waals surface area contributed by atoms with Crippen LogP contribution in [0.15, 0.2) is 36.5 Å². The first-order valence-electron chi connectivity index (χ1n) is 7.14. The average molecular weight is 307 g/mol. The van der Waals surface area contributed by atoms with Gasteiger partial charge in [0.1, 0.15) is 0 Å². The fourth-order valence-corrected chi connectivity index (χ4v) is 2.94. The van der Waals surface area contributed by atoms with Crippen LogP contribution >= 0.6 is 11.6 Å². The van der Waals surface area contributed by atoms with Crippen LogP contribution in [0.4, 0.5) is 0 Å². The molecular weight excluding hydrogens is 284 g/mol. The molecule has 21 heavy (non-hydrogen) atoms. The lowest BCUT2D eigenvalue weighted by molar-refractivity contribution is 0.324. The van der Waals surface area contributed by atoms with E-state index in [1.807, 2.05) is 22.9 Å². The van der Waals surface area contributed by atoms with E-state index in [9.17, 15) is 0 Å². The summed E-state index contributed by atoms with van der Waals surface area (Å²) in [5.74, 6) is 5.88. The van der Waals surface area contributed by atoms with E-state index in [0.717, 1.165) is 5.69 Å². The van der Waals surface area contributed by atoms with Crippen LogP contribution in [-0.2, 0) is 5.41 Å². The fourth-order valence-electron chi connectivity index (χ4n) is 2.70. The first kappa shape index (κ1) is 16.0. The monoisotopic (exact) mass is 306 g/mol. The third-order valence-electron chi connectivity index (χ3n) is 3.96. The summed E-state index contributed by atoms with van der Waals surface area (Å²) in [5.41, 5.74) is 4.82. The van der Waals surface area contributed by atoms with E-state index < -0.39 is 0 Å². The summed E-state index contributed by atoms with van der Waals surface area (Å²) in [5, 5.41) is 5.02. The van der Waals surface area contributed by atoms with E-state index >= 15 is 0 Å². The van der Waals surface area contributed by atoms with Gasteiger partial charge in [-0.1, -0.05) is 55.8 Å². The summed E-state index contributed by atoms with van der Waals surface area (Å²) in [6.45, 7) is 8.47. The van der Waals surface area contributed by atoms with Crippen LogP contribution in [0.2, 0.25) is 5.02 Å². The minimum absolute atomic E-state index is 0.141. The van der Waals surface area contributed by atoms with Crippen molar-refractivity contribution in [3.63, 3.8) is 0 Å². The summed E-state index contributed by atoms with van der Waals surface area (Å²) >= 11 is 6.38. The SMILES string of the molecule is CC(C)n1ncc(Cl)c1C(NN)C(C)(C)c1ccccc1. The van der Waals surface area contributed by atoms with Gasteiger partial charge < -0.3 is 0 Å². The van der Waals surface area contributed by atoms with Crippen molar-refractivity contribution in [1.82, 2.24) is 15.2 Å². The standard InChI is InChI=1S/C16H23ClN4/c1-11(2)21-14(13(17)10-19-21)15(20-18)16(3,4)12-8-6-5-7-9-12/h5-11,15,20H,18H2,1-4H3. The predicted octanol–water partition coefficient (Wildman–Crippen LogP) is 3.60. The highest BCUT2D eigenvalue weighted by molar-refractivity contribution is 6.31. The van der Waals surface area contributed by atoms with E-state index in [1.165, 1.54) is 5.56 Å². The van der Waals surface area contributed by atoms with E-state index in [2.05, 4.69) is 50.4 Å². The van der Waals surface area contributed by atoms with Gasteiger partial charge in [0.2, 0.25) is 0 Å². The minimum atomic E-state index is -0.230. The van der Waals surface area contributed by atoms with E-state index in [1.54, 1.807) is 6.20 Å². The van der Waals surface area contributed by atoms with Gasteiger partial charge in [0, 0.05) is 11.5 Å². The van der Waals surface area contributed by atoms with Gasteiger partial charge in [-0.15, -0.1) is 0 Å². The molecule has 5 heteroatoms. The highest BCUT2D eigenvalue weighted by Gasteiger charge is 2.36. The van der Waals surface area contributed by atoms with Crippen LogP contribution in [0, 0.1) is 0 Å². The lowest BCUT2D eigenvalue weighted by atomic mass is 9.76. The van der Waals surface area contributed by atoms with Crippen molar-refractivity contribution >= 4 is 11.6 Å². The maximum Gasteiger partial charge on any atom is 0.0835 e. The Morgan fingerprint density at radius 3 is 2.38 bits per heavy atom. The molecular formula is C16H23ClN4. The second kappa shape index (κ2) is 6.18. The molecule has 0 aliphatic heterocycles. The van der Waals surface area contributed by atoms with E-state index in [4.69, 9.17) is 17.4 Å². The number of halogens is 1. The second-order valence-electron chi connectivity index (χ2n) is 6.10. The van der Waals surface area contributed by atoms with E-state index in [-0.39, 0.29) is 17.5 Å². The van der Waals surface area contributed by atoms with Crippen molar-refractivity contribution in [3.8, 4) is 0 Å². The summed E-state index contributed by atoms with van der Waals surface area (Å²) in [7, 11) is 0. The highest BCUT2D eigenvalue weighted by atomic mass is 35.5. The van der Waals surface area contributed by atoms with Crippen molar-refractivity contribution in [2.75, 3.05) is 0 Å². The number of benzene rings is 1. The fraction of sp³-hybridized carbons (Fsp3) is 0.438. The normalized spacial score (nSPS) is 13.7. The van der Waals surface area contributed by atoms with Gasteiger partial charge in [0.05, 0.1) is 23.0 Å². The van der Waals surface area contributed by atoms with Gasteiger partial charge >= 0.3 is 0 Å². The molecule has 1 aromatic carbocycles. The molecule has 0 aliphatic rings. The number of nitrogens with one attached hydrogen (secondary N) is 1. The number of nitrogens with two attached hydrogens (primary N) is 1. The summed E-state index contributed by atoms with van der Waals surface area (Å²) in [6, 6.07) is 10.4. The molecule has 0 aliphatic carbocycles. The molecule has 0 saturated carbocycles. The molecule has 2 aromatic rings. The van der Waals surface area contributed by atoms with Crippen molar-refractivity contribution in [2.45, 2.75) is 45.2 Å². The number of hydrogen-bond donors (Lipinski definition) is 2. The Bertz CT molecular complexity index is 590. The Kier molecular flexibility index (Phi) is 4.71. The Morgan fingerprint density at radius 1 is 1.24 bits per heavy atom. The molecule has 0 fully saturated rings. The summed E-state index contributed by atoms with van der Waals surface area (Å²) < 4.78 is 1.93. The first-order chi connectivity index (χ1) is 9.89. The average Bonchev–Trinajstić information content (AvgIpc) is 2.83. The first-order valence-corrected chi connectivity index (χ1v) is 7.52. The van der Waals surface area contributed by atoms with Crippen LogP contribution in [0.1, 0.15) is 51.0 Å². The lowest BCUT2D eigenvalue weighted by Crippen LogP contribution is -2.42. The zero-order valence-corrected chi connectivity index (χ0v) is 13.7. The molecule has 0 amide bonds. The van der Waals surface area contributed by atoms with Gasteiger partial charge in [0.15, 0.2) is 0 Å². The number of nitrogens with zero attached hydrogens (tertiary/aromatic N) is 2. The van der Waals surface area contributed by atoms with Gasteiger partial charge in [-0.2, -0.15) is 5.10 Å². The molecule has 3 N–H and O–H groups in total. The smallest absolute Gasteiger partial charge is 0.0835 e. The van der Waals surface area contributed by atoms with Crippen LogP contribution in [-0.4, -0.2) is 9.78 Å². The van der Waals surface area contributed by atoms with Gasteiger partial charge in [-0.25, -0.2) is 0 Å². The molecule has 1 aromatic heterocycles. The molecule has 1 unspecified atom stereocenters. The van der Waals surface area contributed by atoms with Crippen molar-refractivity contribution in [3.05, 3.63) is 52.8 Å². The number of hydrogen-bond acceptors (Lipinski definition) is 3. The van der Waals surface area contributed by atoms with Crippen molar-refractivity contribution in [1.29, 1.82) is 0 Å². The van der Waals surface area contributed by atoms with E-state index in [0.29, 0.717) is 5.02 Å². The summed E-state index contributed by atoms with van der Waals surface area (Å²) in [6.07, 6.45) is 1.68.